The third-order valence-electron chi connectivity index (χ3n) is 5.51. The number of ketones is 1. The molecule has 0 aromatic heterocycles. The molecule has 2 aromatic carbocycles. The van der Waals surface area contributed by atoms with Crippen molar-refractivity contribution in [1.82, 2.24) is 4.90 Å². The van der Waals surface area contributed by atoms with Crippen molar-refractivity contribution in [3.05, 3.63) is 65.7 Å². The van der Waals surface area contributed by atoms with Crippen molar-refractivity contribution in [3.63, 3.8) is 0 Å². The molecule has 2 heterocycles. The lowest BCUT2D eigenvalue weighted by atomic mass is 10.0. The Kier molecular flexibility index (Phi) is 4.11. The molecule has 3 nitrogen and oxygen atoms in total. The molecule has 0 N–H and O–H groups in total. The van der Waals surface area contributed by atoms with Crippen LogP contribution in [0.4, 0.5) is 0 Å². The standard InChI is InChI=1S/C21H23NO2/c1-22-17-9-10-18(22)14-20(13-17)24-19-11-7-16(8-12-19)21(23)15-5-3-2-4-6-15/h2-8,11-12,17-18,20H,9-10,13-14H2,1H3. The van der Waals surface area contributed by atoms with Gasteiger partial charge in [-0.15, -0.1) is 0 Å². The maximum atomic E-state index is 12.4. The fourth-order valence-corrected chi connectivity index (χ4v) is 4.09. The van der Waals surface area contributed by atoms with Gasteiger partial charge in [0.25, 0.3) is 0 Å². The van der Waals surface area contributed by atoms with Crippen LogP contribution in [-0.2, 0) is 0 Å². The zero-order chi connectivity index (χ0) is 16.5. The highest BCUT2D eigenvalue weighted by Crippen LogP contribution is 2.35. The van der Waals surface area contributed by atoms with Crippen LogP contribution in [0.25, 0.3) is 0 Å². The predicted molar refractivity (Wildman–Crippen MR) is 94.5 cm³/mol. The highest BCUT2D eigenvalue weighted by atomic mass is 16.5. The summed E-state index contributed by atoms with van der Waals surface area (Å²) < 4.78 is 6.19. The topological polar surface area (TPSA) is 29.5 Å². The molecule has 2 aromatic rings. The number of nitrogens with zero attached hydrogens (tertiary/aromatic N) is 1. The van der Waals surface area contributed by atoms with E-state index in [1.165, 1.54) is 12.8 Å². The normalized spacial score (nSPS) is 26.3. The summed E-state index contributed by atoms with van der Waals surface area (Å²) >= 11 is 0. The number of hydrogen-bond donors (Lipinski definition) is 0. The van der Waals surface area contributed by atoms with E-state index < -0.39 is 0 Å². The van der Waals surface area contributed by atoms with Crippen LogP contribution in [0.3, 0.4) is 0 Å². The molecule has 2 fully saturated rings. The second-order valence-electron chi connectivity index (χ2n) is 6.98. The van der Waals surface area contributed by atoms with Crippen LogP contribution in [0, 0.1) is 0 Å². The van der Waals surface area contributed by atoms with Crippen LogP contribution in [0.5, 0.6) is 5.75 Å². The van der Waals surface area contributed by atoms with E-state index in [2.05, 4.69) is 11.9 Å². The van der Waals surface area contributed by atoms with Gasteiger partial charge in [0.15, 0.2) is 5.78 Å². The quantitative estimate of drug-likeness (QED) is 0.799. The van der Waals surface area contributed by atoms with Crippen LogP contribution in [0.1, 0.15) is 41.6 Å². The first-order chi connectivity index (χ1) is 11.7. The van der Waals surface area contributed by atoms with Crippen molar-refractivity contribution in [1.29, 1.82) is 0 Å². The zero-order valence-corrected chi connectivity index (χ0v) is 14.0. The Morgan fingerprint density at radius 3 is 2.12 bits per heavy atom. The Morgan fingerprint density at radius 2 is 1.50 bits per heavy atom. The van der Waals surface area contributed by atoms with Crippen molar-refractivity contribution in [2.75, 3.05) is 7.05 Å². The van der Waals surface area contributed by atoms with Crippen molar-refractivity contribution < 1.29 is 9.53 Å². The summed E-state index contributed by atoms with van der Waals surface area (Å²) in [5.41, 5.74) is 1.43. The van der Waals surface area contributed by atoms with E-state index in [9.17, 15) is 4.79 Å². The highest BCUT2D eigenvalue weighted by Gasteiger charge is 2.39. The smallest absolute Gasteiger partial charge is 0.193 e. The van der Waals surface area contributed by atoms with Gasteiger partial charge in [0.05, 0.1) is 0 Å². The first-order valence-corrected chi connectivity index (χ1v) is 8.79. The van der Waals surface area contributed by atoms with Crippen LogP contribution < -0.4 is 4.74 Å². The summed E-state index contributed by atoms with van der Waals surface area (Å²) in [4.78, 5) is 14.9. The van der Waals surface area contributed by atoms with Crippen molar-refractivity contribution in [3.8, 4) is 5.75 Å². The third kappa shape index (κ3) is 2.96. The number of piperidine rings is 1. The van der Waals surface area contributed by atoms with Gasteiger partial charge in [-0.3, -0.25) is 4.79 Å². The van der Waals surface area contributed by atoms with Crippen LogP contribution in [0.15, 0.2) is 54.6 Å². The van der Waals surface area contributed by atoms with Gasteiger partial charge in [-0.1, -0.05) is 30.3 Å². The van der Waals surface area contributed by atoms with Gasteiger partial charge in [-0.05, 0) is 57.0 Å². The Bertz CT molecular complexity index is 696. The molecule has 124 valence electrons. The second-order valence-corrected chi connectivity index (χ2v) is 6.98. The largest absolute Gasteiger partial charge is 0.490 e. The van der Waals surface area contributed by atoms with Crippen molar-refractivity contribution in [2.45, 2.75) is 43.9 Å². The van der Waals surface area contributed by atoms with Crippen LogP contribution >= 0.6 is 0 Å². The lowest BCUT2D eigenvalue weighted by Crippen LogP contribution is -2.43. The average Bonchev–Trinajstić information content (AvgIpc) is 2.84. The summed E-state index contributed by atoms with van der Waals surface area (Å²) in [6.07, 6.45) is 5.11. The minimum atomic E-state index is 0.0551. The van der Waals surface area contributed by atoms with Crippen LogP contribution in [0.2, 0.25) is 0 Å². The molecule has 0 aliphatic carbocycles. The molecule has 0 saturated carbocycles. The van der Waals surface area contributed by atoms with Gasteiger partial charge in [0.2, 0.25) is 0 Å². The molecule has 24 heavy (non-hydrogen) atoms. The predicted octanol–water partition coefficient (Wildman–Crippen LogP) is 3.92. The Balaban J connectivity index is 1.42. The molecule has 0 radical (unpaired) electrons. The number of ether oxygens (including phenoxy) is 1. The zero-order valence-electron chi connectivity index (χ0n) is 14.0. The summed E-state index contributed by atoms with van der Waals surface area (Å²) in [5, 5.41) is 0. The summed E-state index contributed by atoms with van der Waals surface area (Å²) in [7, 11) is 2.24. The number of carbonyl (C=O) groups is 1. The SMILES string of the molecule is CN1C2CCC1CC(Oc1ccc(C(=O)c3ccccc3)cc1)C2. The average molecular weight is 321 g/mol. The summed E-state index contributed by atoms with van der Waals surface area (Å²) in [5.74, 6) is 0.924. The maximum Gasteiger partial charge on any atom is 0.193 e. The molecule has 2 saturated heterocycles. The monoisotopic (exact) mass is 321 g/mol. The fourth-order valence-electron chi connectivity index (χ4n) is 4.09. The second kappa shape index (κ2) is 6.40. The molecular weight excluding hydrogens is 298 g/mol. The molecule has 4 rings (SSSR count). The first-order valence-electron chi connectivity index (χ1n) is 8.79. The third-order valence-corrected chi connectivity index (χ3v) is 5.51. The number of carbonyl (C=O) groups excluding carboxylic acids is 1. The van der Waals surface area contributed by atoms with E-state index in [4.69, 9.17) is 4.74 Å². The molecule has 2 aliphatic heterocycles. The maximum absolute atomic E-state index is 12.4. The van der Waals surface area contributed by atoms with Crippen molar-refractivity contribution in [2.24, 2.45) is 0 Å². The van der Waals surface area contributed by atoms with E-state index in [1.807, 2.05) is 54.6 Å². The summed E-state index contributed by atoms with van der Waals surface area (Å²) in [6, 6.07) is 18.3. The number of fused-ring (bicyclic) bond motifs is 2. The van der Waals surface area contributed by atoms with Crippen molar-refractivity contribution >= 4 is 5.78 Å². The highest BCUT2D eigenvalue weighted by molar-refractivity contribution is 6.08. The van der Waals surface area contributed by atoms with E-state index in [0.29, 0.717) is 23.8 Å². The molecule has 2 atom stereocenters. The van der Waals surface area contributed by atoms with E-state index in [1.54, 1.807) is 0 Å². The van der Waals surface area contributed by atoms with Gasteiger partial charge in [-0.2, -0.15) is 0 Å². The molecule has 3 heteroatoms. The lowest BCUT2D eigenvalue weighted by Gasteiger charge is -2.36. The molecule has 2 bridgehead atoms. The lowest BCUT2D eigenvalue weighted by molar-refractivity contribution is 0.0661. The van der Waals surface area contributed by atoms with Crippen LogP contribution in [-0.4, -0.2) is 35.9 Å². The molecule has 0 amide bonds. The minimum absolute atomic E-state index is 0.0551. The Hall–Kier alpha value is -2.13. The van der Waals surface area contributed by atoms with Gasteiger partial charge in [0.1, 0.15) is 11.9 Å². The Morgan fingerprint density at radius 1 is 0.917 bits per heavy atom. The van der Waals surface area contributed by atoms with E-state index in [0.717, 1.165) is 24.2 Å². The number of rotatable bonds is 4. The fraction of sp³-hybridized carbons (Fsp3) is 0.381. The number of hydrogen-bond acceptors (Lipinski definition) is 3. The molecule has 2 aliphatic rings. The van der Waals surface area contributed by atoms with Gasteiger partial charge in [0, 0.05) is 23.2 Å². The minimum Gasteiger partial charge on any atom is -0.490 e. The van der Waals surface area contributed by atoms with Gasteiger partial charge < -0.3 is 9.64 Å². The van der Waals surface area contributed by atoms with Gasteiger partial charge >= 0.3 is 0 Å². The first kappa shape index (κ1) is 15.4. The van der Waals surface area contributed by atoms with Gasteiger partial charge in [-0.25, -0.2) is 0 Å². The van der Waals surface area contributed by atoms with E-state index in [-0.39, 0.29) is 5.78 Å². The molecular formula is C21H23NO2. The number of benzene rings is 2. The van der Waals surface area contributed by atoms with E-state index >= 15 is 0 Å². The summed E-state index contributed by atoms with van der Waals surface area (Å²) in [6.45, 7) is 0. The Labute approximate surface area is 143 Å². The molecule has 2 unspecified atom stereocenters. The molecule has 0 spiro atoms.